The van der Waals surface area contributed by atoms with Gasteiger partial charge in [-0.25, -0.2) is 0 Å². The Balaban J connectivity index is 1.98. The number of rotatable bonds is 6. The fraction of sp³-hybridized carbons (Fsp3) is 0.100. The quantitative estimate of drug-likeness (QED) is 0.387. The maximum absolute atomic E-state index is 5.90. The van der Waals surface area contributed by atoms with Crippen LogP contribution in [0.2, 0.25) is 0 Å². The molecule has 2 heterocycles. The lowest BCUT2D eigenvalue weighted by Gasteiger charge is -2.08. The first kappa shape index (κ1) is 18.8. The van der Waals surface area contributed by atoms with Crippen LogP contribution in [0.3, 0.4) is 0 Å². The summed E-state index contributed by atoms with van der Waals surface area (Å²) >= 11 is 0. The molecule has 4 N–H and O–H groups in total. The second-order valence-electron chi connectivity index (χ2n) is 5.76. The molecule has 28 heavy (non-hydrogen) atoms. The van der Waals surface area contributed by atoms with Gasteiger partial charge in [-0.2, -0.15) is 0 Å². The number of benzene rings is 1. The van der Waals surface area contributed by atoms with E-state index in [4.69, 9.17) is 21.1 Å². The average Bonchev–Trinajstić information content (AvgIpc) is 2.74. The third kappa shape index (κ3) is 4.24. The monoisotopic (exact) mass is 376 g/mol. The first-order valence-electron chi connectivity index (χ1n) is 8.39. The summed E-state index contributed by atoms with van der Waals surface area (Å²) in [5.74, 6) is 0.564. The molecule has 3 aromatic rings. The standard InChI is InChI=1S/C20H20N6O2/c1-27-25-19(21)15-6-8-23-17(11-15)13-4-3-5-14(10-13)18-12-16(7-9-24-18)20(22)26-28-2/h3-12H,1-2H3,(H2,21,25)(H2,22,26). The van der Waals surface area contributed by atoms with Crippen molar-refractivity contribution in [2.75, 3.05) is 14.2 Å². The summed E-state index contributed by atoms with van der Waals surface area (Å²) in [4.78, 5) is 18.3. The van der Waals surface area contributed by atoms with Gasteiger partial charge < -0.3 is 21.1 Å². The van der Waals surface area contributed by atoms with Crippen molar-refractivity contribution in [2.24, 2.45) is 21.8 Å². The lowest BCUT2D eigenvalue weighted by Crippen LogP contribution is -2.13. The highest BCUT2D eigenvalue weighted by atomic mass is 16.6. The Morgan fingerprint density at radius 1 is 0.750 bits per heavy atom. The van der Waals surface area contributed by atoms with Crippen molar-refractivity contribution in [3.05, 3.63) is 72.1 Å². The van der Waals surface area contributed by atoms with Crippen LogP contribution in [0.15, 0.2) is 71.2 Å². The van der Waals surface area contributed by atoms with E-state index in [1.807, 2.05) is 36.4 Å². The number of aromatic nitrogens is 2. The third-order valence-corrected chi connectivity index (χ3v) is 3.94. The van der Waals surface area contributed by atoms with Crippen LogP contribution in [-0.4, -0.2) is 35.9 Å². The van der Waals surface area contributed by atoms with Gasteiger partial charge in [0.15, 0.2) is 11.7 Å². The Bertz CT molecular complexity index is 954. The number of pyridine rings is 2. The van der Waals surface area contributed by atoms with Gasteiger partial charge in [0.25, 0.3) is 0 Å². The molecular formula is C20H20N6O2. The first-order chi connectivity index (χ1) is 13.6. The molecule has 2 aromatic heterocycles. The van der Waals surface area contributed by atoms with Crippen molar-refractivity contribution in [1.82, 2.24) is 9.97 Å². The fourth-order valence-electron chi connectivity index (χ4n) is 2.64. The SMILES string of the molecule is CO/N=C(\N)c1ccnc(-c2cccc(-c3cc(/C(N)=N/OC)ccn3)c2)c1. The molecule has 3 rings (SSSR count). The molecule has 8 nitrogen and oxygen atoms in total. The Labute approximate surface area is 162 Å². The van der Waals surface area contributed by atoms with Crippen LogP contribution in [0.5, 0.6) is 0 Å². The number of nitrogens with zero attached hydrogens (tertiary/aromatic N) is 4. The van der Waals surface area contributed by atoms with Crippen molar-refractivity contribution in [3.63, 3.8) is 0 Å². The van der Waals surface area contributed by atoms with Gasteiger partial charge in [0.2, 0.25) is 0 Å². The van der Waals surface area contributed by atoms with E-state index in [9.17, 15) is 0 Å². The van der Waals surface area contributed by atoms with Crippen molar-refractivity contribution < 1.29 is 9.68 Å². The van der Waals surface area contributed by atoms with E-state index in [2.05, 4.69) is 20.3 Å². The van der Waals surface area contributed by atoms with E-state index in [1.165, 1.54) is 14.2 Å². The number of nitrogens with two attached hydrogens (primary N) is 2. The highest BCUT2D eigenvalue weighted by Crippen LogP contribution is 2.25. The molecule has 8 heteroatoms. The van der Waals surface area contributed by atoms with Gasteiger partial charge >= 0.3 is 0 Å². The van der Waals surface area contributed by atoms with Gasteiger partial charge in [-0.15, -0.1) is 0 Å². The van der Waals surface area contributed by atoms with E-state index in [0.29, 0.717) is 0 Å². The lowest BCUT2D eigenvalue weighted by molar-refractivity contribution is 0.213. The van der Waals surface area contributed by atoms with Crippen molar-refractivity contribution in [2.45, 2.75) is 0 Å². The lowest BCUT2D eigenvalue weighted by atomic mass is 10.0. The topological polar surface area (TPSA) is 121 Å². The predicted octanol–water partition coefficient (Wildman–Crippen LogP) is 2.34. The molecule has 0 fully saturated rings. The van der Waals surface area contributed by atoms with E-state index >= 15 is 0 Å². The van der Waals surface area contributed by atoms with Crippen molar-refractivity contribution in [1.29, 1.82) is 0 Å². The largest absolute Gasteiger partial charge is 0.397 e. The van der Waals surface area contributed by atoms with Crippen LogP contribution in [0.25, 0.3) is 22.5 Å². The summed E-state index contributed by atoms with van der Waals surface area (Å²) in [6.45, 7) is 0. The molecule has 0 saturated heterocycles. The minimum absolute atomic E-state index is 0.282. The predicted molar refractivity (Wildman–Crippen MR) is 108 cm³/mol. The molecule has 0 unspecified atom stereocenters. The summed E-state index contributed by atoms with van der Waals surface area (Å²) in [7, 11) is 2.90. The van der Waals surface area contributed by atoms with E-state index in [1.54, 1.807) is 24.5 Å². The van der Waals surface area contributed by atoms with Gasteiger partial charge in [-0.05, 0) is 30.3 Å². The van der Waals surface area contributed by atoms with E-state index in [-0.39, 0.29) is 11.7 Å². The van der Waals surface area contributed by atoms with Crippen LogP contribution in [-0.2, 0) is 9.68 Å². The van der Waals surface area contributed by atoms with E-state index in [0.717, 1.165) is 33.6 Å². The van der Waals surface area contributed by atoms with Gasteiger partial charge in [0, 0.05) is 34.6 Å². The summed E-state index contributed by atoms with van der Waals surface area (Å²) in [6.07, 6.45) is 3.35. The van der Waals surface area contributed by atoms with Gasteiger partial charge in [0.05, 0.1) is 11.4 Å². The zero-order chi connectivity index (χ0) is 19.9. The molecule has 1 aromatic carbocycles. The van der Waals surface area contributed by atoms with Crippen molar-refractivity contribution >= 4 is 11.7 Å². The molecule has 0 saturated carbocycles. The molecule has 142 valence electrons. The van der Waals surface area contributed by atoms with Crippen LogP contribution in [0.4, 0.5) is 0 Å². The second-order valence-corrected chi connectivity index (χ2v) is 5.76. The van der Waals surface area contributed by atoms with Crippen LogP contribution < -0.4 is 11.5 Å². The van der Waals surface area contributed by atoms with Crippen LogP contribution >= 0.6 is 0 Å². The Kier molecular flexibility index (Phi) is 5.81. The number of oxime groups is 2. The highest BCUT2D eigenvalue weighted by Gasteiger charge is 2.08. The Morgan fingerprint density at radius 3 is 1.64 bits per heavy atom. The molecule has 0 radical (unpaired) electrons. The van der Waals surface area contributed by atoms with Crippen molar-refractivity contribution in [3.8, 4) is 22.5 Å². The number of hydrogen-bond donors (Lipinski definition) is 2. The smallest absolute Gasteiger partial charge is 0.170 e. The minimum Gasteiger partial charge on any atom is -0.397 e. The van der Waals surface area contributed by atoms with Gasteiger partial charge in [-0.1, -0.05) is 28.5 Å². The Hall–Kier alpha value is -3.94. The zero-order valence-corrected chi connectivity index (χ0v) is 15.5. The van der Waals surface area contributed by atoms with E-state index < -0.39 is 0 Å². The number of hydrogen-bond acceptors (Lipinski definition) is 6. The molecule has 0 spiro atoms. The molecule has 0 aliphatic carbocycles. The Morgan fingerprint density at radius 2 is 1.21 bits per heavy atom. The molecule has 0 amide bonds. The number of amidine groups is 2. The molecule has 0 aliphatic heterocycles. The minimum atomic E-state index is 0.282. The summed E-state index contributed by atoms with van der Waals surface area (Å²) in [5, 5.41) is 7.52. The maximum Gasteiger partial charge on any atom is 0.170 e. The fourth-order valence-corrected chi connectivity index (χ4v) is 2.64. The second kappa shape index (κ2) is 8.63. The molecular weight excluding hydrogens is 356 g/mol. The van der Waals surface area contributed by atoms with Gasteiger partial charge in [0.1, 0.15) is 14.2 Å². The third-order valence-electron chi connectivity index (χ3n) is 3.94. The first-order valence-corrected chi connectivity index (χ1v) is 8.39. The molecule has 0 atom stereocenters. The van der Waals surface area contributed by atoms with Crippen LogP contribution in [0.1, 0.15) is 11.1 Å². The summed E-state index contributed by atoms with van der Waals surface area (Å²) in [5.41, 5.74) is 16.6. The normalized spacial score (nSPS) is 11.9. The average molecular weight is 376 g/mol. The summed E-state index contributed by atoms with van der Waals surface area (Å²) < 4.78 is 0. The molecule has 0 aliphatic rings. The molecule has 0 bridgehead atoms. The zero-order valence-electron chi connectivity index (χ0n) is 15.5. The summed E-state index contributed by atoms with van der Waals surface area (Å²) in [6, 6.07) is 15.1. The maximum atomic E-state index is 5.90. The highest BCUT2D eigenvalue weighted by molar-refractivity contribution is 5.98. The van der Waals surface area contributed by atoms with Gasteiger partial charge in [-0.3, -0.25) is 9.97 Å². The van der Waals surface area contributed by atoms with Crippen LogP contribution in [0, 0.1) is 0 Å².